The van der Waals surface area contributed by atoms with Gasteiger partial charge in [-0.05, 0) is 31.0 Å². The Labute approximate surface area is 134 Å². The summed E-state index contributed by atoms with van der Waals surface area (Å²) in [5.74, 6) is 0. The molecule has 0 amide bonds. The summed E-state index contributed by atoms with van der Waals surface area (Å²) in [4.78, 5) is 0. The molecule has 2 nitrogen and oxygen atoms in total. The van der Waals surface area contributed by atoms with Crippen molar-refractivity contribution in [1.29, 1.82) is 0 Å². The lowest BCUT2D eigenvalue weighted by atomic mass is 10.1. The summed E-state index contributed by atoms with van der Waals surface area (Å²) in [6.45, 7) is 16.1. The van der Waals surface area contributed by atoms with E-state index in [9.17, 15) is 5.11 Å². The van der Waals surface area contributed by atoms with E-state index < -0.39 is 8.32 Å². The van der Waals surface area contributed by atoms with Crippen LogP contribution in [0.25, 0.3) is 0 Å². The van der Waals surface area contributed by atoms with Crippen molar-refractivity contribution in [1.82, 2.24) is 0 Å². The van der Waals surface area contributed by atoms with Crippen LogP contribution in [0.3, 0.4) is 0 Å². The van der Waals surface area contributed by atoms with Crippen LogP contribution in [0.4, 0.5) is 0 Å². The Morgan fingerprint density at radius 2 is 1.48 bits per heavy atom. The Bertz CT molecular complexity index is 269. The molecule has 0 saturated carbocycles. The van der Waals surface area contributed by atoms with E-state index in [-0.39, 0.29) is 6.10 Å². The van der Waals surface area contributed by atoms with Crippen molar-refractivity contribution in [3.05, 3.63) is 12.7 Å². The van der Waals surface area contributed by atoms with Gasteiger partial charge < -0.3 is 9.53 Å². The summed E-state index contributed by atoms with van der Waals surface area (Å²) in [7, 11) is -1.54. The number of hydrogen-bond acceptors (Lipinski definition) is 2. The quantitative estimate of drug-likeness (QED) is 0.285. The van der Waals surface area contributed by atoms with Gasteiger partial charge >= 0.3 is 0 Å². The monoisotopic (exact) mass is 314 g/mol. The smallest absolute Gasteiger partial charge is 0.191 e. The Balaban J connectivity index is 3.40. The van der Waals surface area contributed by atoms with Crippen molar-refractivity contribution in [2.45, 2.75) is 96.4 Å². The van der Waals surface area contributed by atoms with E-state index in [1.165, 1.54) is 38.5 Å². The lowest BCUT2D eigenvalue weighted by Crippen LogP contribution is -2.40. The van der Waals surface area contributed by atoms with Crippen molar-refractivity contribution in [2.24, 2.45) is 0 Å². The highest BCUT2D eigenvalue weighted by molar-refractivity contribution is 6.74. The lowest BCUT2D eigenvalue weighted by molar-refractivity contribution is 0.208. The second-order valence-electron chi connectivity index (χ2n) is 7.68. The minimum atomic E-state index is -1.54. The van der Waals surface area contributed by atoms with Gasteiger partial charge in [0.2, 0.25) is 0 Å². The molecule has 126 valence electrons. The molecular formula is C18H38O2Si. The van der Waals surface area contributed by atoms with Gasteiger partial charge in [0.05, 0.1) is 6.10 Å². The standard InChI is InChI=1S/C18H38O2Si/c1-7-17(19)15-13-11-9-8-10-12-14-16-20-21(5,6)18(2,3)4/h7,17,19H,1,8-16H2,2-6H3. The van der Waals surface area contributed by atoms with Crippen LogP contribution < -0.4 is 0 Å². The van der Waals surface area contributed by atoms with Crippen LogP contribution >= 0.6 is 0 Å². The molecule has 1 unspecified atom stereocenters. The maximum Gasteiger partial charge on any atom is 0.191 e. The molecular weight excluding hydrogens is 276 g/mol. The SMILES string of the molecule is C=CC(O)CCCCCCCCCO[Si](C)(C)C(C)(C)C. The van der Waals surface area contributed by atoms with Crippen molar-refractivity contribution in [3.63, 3.8) is 0 Å². The van der Waals surface area contributed by atoms with Crippen molar-refractivity contribution in [3.8, 4) is 0 Å². The first-order valence-corrected chi connectivity index (χ1v) is 11.6. The van der Waals surface area contributed by atoms with Crippen molar-refractivity contribution < 1.29 is 9.53 Å². The highest BCUT2D eigenvalue weighted by Gasteiger charge is 2.36. The molecule has 0 aromatic rings. The third-order valence-corrected chi connectivity index (χ3v) is 9.22. The molecule has 0 aromatic carbocycles. The van der Waals surface area contributed by atoms with Crippen LogP contribution in [-0.2, 0) is 4.43 Å². The van der Waals surface area contributed by atoms with E-state index in [4.69, 9.17) is 4.43 Å². The van der Waals surface area contributed by atoms with Crippen LogP contribution in [0.15, 0.2) is 12.7 Å². The van der Waals surface area contributed by atoms with Crippen LogP contribution in [0.1, 0.15) is 72.1 Å². The van der Waals surface area contributed by atoms with Gasteiger partial charge in [-0.3, -0.25) is 0 Å². The fourth-order valence-corrected chi connectivity index (χ4v) is 3.09. The van der Waals surface area contributed by atoms with Gasteiger partial charge in [-0.25, -0.2) is 0 Å². The minimum absolute atomic E-state index is 0.308. The van der Waals surface area contributed by atoms with E-state index >= 15 is 0 Å². The Morgan fingerprint density at radius 1 is 1.00 bits per heavy atom. The zero-order chi connectivity index (χ0) is 16.4. The number of unbranched alkanes of at least 4 members (excludes halogenated alkanes) is 6. The largest absolute Gasteiger partial charge is 0.417 e. The molecule has 0 rings (SSSR count). The van der Waals surface area contributed by atoms with E-state index in [0.29, 0.717) is 5.04 Å². The maximum atomic E-state index is 9.35. The molecule has 0 saturated heterocycles. The number of aliphatic hydroxyl groups excluding tert-OH is 1. The number of aliphatic hydroxyl groups is 1. The molecule has 0 spiro atoms. The molecule has 1 N–H and O–H groups in total. The van der Waals surface area contributed by atoms with Crippen molar-refractivity contribution in [2.75, 3.05) is 6.61 Å². The fourth-order valence-electron chi connectivity index (χ4n) is 2.00. The van der Waals surface area contributed by atoms with Gasteiger partial charge in [0, 0.05) is 6.61 Å². The zero-order valence-corrected chi connectivity index (χ0v) is 16.1. The Morgan fingerprint density at radius 3 is 1.95 bits per heavy atom. The van der Waals surface area contributed by atoms with Gasteiger partial charge in [-0.15, -0.1) is 6.58 Å². The normalized spacial score (nSPS) is 14.2. The van der Waals surface area contributed by atoms with Crippen LogP contribution in [-0.4, -0.2) is 26.1 Å². The maximum absolute atomic E-state index is 9.35. The summed E-state index contributed by atoms with van der Waals surface area (Å²) in [5, 5.41) is 9.67. The molecule has 3 heteroatoms. The first-order valence-electron chi connectivity index (χ1n) is 8.65. The average molecular weight is 315 g/mol. The molecule has 0 aliphatic rings. The fraction of sp³-hybridized carbons (Fsp3) is 0.889. The predicted octanol–water partition coefficient (Wildman–Crippen LogP) is 5.68. The second-order valence-corrected chi connectivity index (χ2v) is 12.5. The van der Waals surface area contributed by atoms with Gasteiger partial charge in [0.15, 0.2) is 8.32 Å². The first kappa shape index (κ1) is 20.9. The third-order valence-electron chi connectivity index (χ3n) is 4.69. The molecule has 0 aliphatic heterocycles. The molecule has 21 heavy (non-hydrogen) atoms. The average Bonchev–Trinajstić information content (AvgIpc) is 2.39. The van der Waals surface area contributed by atoms with E-state index in [1.807, 2.05) is 0 Å². The summed E-state index contributed by atoms with van der Waals surface area (Å²) in [6.07, 6.45) is 10.9. The minimum Gasteiger partial charge on any atom is -0.417 e. The zero-order valence-electron chi connectivity index (χ0n) is 15.1. The molecule has 0 fully saturated rings. The summed E-state index contributed by atoms with van der Waals surface area (Å²) >= 11 is 0. The Kier molecular flexibility index (Phi) is 10.5. The van der Waals surface area contributed by atoms with Gasteiger partial charge in [-0.1, -0.05) is 65.4 Å². The Hall–Kier alpha value is -0.123. The van der Waals surface area contributed by atoms with E-state index in [0.717, 1.165) is 19.4 Å². The molecule has 0 radical (unpaired) electrons. The van der Waals surface area contributed by atoms with Crippen molar-refractivity contribution >= 4 is 8.32 Å². The summed E-state index contributed by atoms with van der Waals surface area (Å²) < 4.78 is 6.18. The topological polar surface area (TPSA) is 29.5 Å². The van der Waals surface area contributed by atoms with Crippen LogP contribution in [0.5, 0.6) is 0 Å². The number of hydrogen-bond donors (Lipinski definition) is 1. The molecule has 0 aromatic heterocycles. The highest BCUT2D eigenvalue weighted by Crippen LogP contribution is 2.36. The highest BCUT2D eigenvalue weighted by atomic mass is 28.4. The van der Waals surface area contributed by atoms with E-state index in [1.54, 1.807) is 6.08 Å². The lowest BCUT2D eigenvalue weighted by Gasteiger charge is -2.36. The molecule has 1 atom stereocenters. The second kappa shape index (κ2) is 10.6. The molecule has 0 bridgehead atoms. The first-order chi connectivity index (χ1) is 9.70. The van der Waals surface area contributed by atoms with Gasteiger partial charge in [-0.2, -0.15) is 0 Å². The van der Waals surface area contributed by atoms with Crippen LogP contribution in [0, 0.1) is 0 Å². The van der Waals surface area contributed by atoms with Crippen LogP contribution in [0.2, 0.25) is 18.1 Å². The van der Waals surface area contributed by atoms with Gasteiger partial charge in [0.25, 0.3) is 0 Å². The van der Waals surface area contributed by atoms with Gasteiger partial charge in [0.1, 0.15) is 0 Å². The molecule has 0 heterocycles. The van der Waals surface area contributed by atoms with E-state index in [2.05, 4.69) is 40.4 Å². The number of rotatable bonds is 12. The summed E-state index contributed by atoms with van der Waals surface area (Å²) in [5.41, 5.74) is 0. The molecule has 0 aliphatic carbocycles. The summed E-state index contributed by atoms with van der Waals surface area (Å²) in [6, 6.07) is 0. The predicted molar refractivity (Wildman–Crippen MR) is 96.3 cm³/mol. The third kappa shape index (κ3) is 10.3.